The van der Waals surface area contributed by atoms with Crippen molar-refractivity contribution in [1.82, 2.24) is 10.2 Å². The highest BCUT2D eigenvalue weighted by Crippen LogP contribution is 2.27. The molecule has 0 aromatic heterocycles. The van der Waals surface area contributed by atoms with Crippen molar-refractivity contribution < 1.29 is 17.9 Å². The van der Waals surface area contributed by atoms with Gasteiger partial charge in [0.25, 0.3) is 0 Å². The summed E-state index contributed by atoms with van der Waals surface area (Å²) >= 11 is 0. The van der Waals surface area contributed by atoms with Gasteiger partial charge in [-0.25, -0.2) is 0 Å². The summed E-state index contributed by atoms with van der Waals surface area (Å²) in [6.07, 6.45) is -4.04. The molecule has 0 radical (unpaired) electrons. The zero-order valence-electron chi connectivity index (χ0n) is 12.7. The topological polar surface area (TPSA) is 24.5 Å². The number of hydrogen-bond donors (Lipinski definition) is 1. The lowest BCUT2D eigenvalue weighted by Crippen LogP contribution is -2.60. The van der Waals surface area contributed by atoms with Gasteiger partial charge >= 0.3 is 6.18 Å². The molecule has 1 fully saturated rings. The third kappa shape index (κ3) is 5.58. The molecule has 1 atom stereocenters. The van der Waals surface area contributed by atoms with E-state index < -0.39 is 12.6 Å². The lowest BCUT2D eigenvalue weighted by Gasteiger charge is -2.46. The van der Waals surface area contributed by atoms with Crippen molar-refractivity contribution >= 4 is 0 Å². The van der Waals surface area contributed by atoms with Crippen LogP contribution < -0.4 is 5.32 Å². The Morgan fingerprint density at radius 2 is 1.80 bits per heavy atom. The van der Waals surface area contributed by atoms with Crippen molar-refractivity contribution in [2.75, 3.05) is 32.8 Å². The van der Waals surface area contributed by atoms with E-state index in [0.29, 0.717) is 19.6 Å². The molecule has 0 aromatic rings. The predicted molar refractivity (Wildman–Crippen MR) is 73.8 cm³/mol. The standard InChI is InChI=1S/C14H27F3N2O/c1-4-18-12(6-5-7-14(15,16)17)13(2,3)19-8-10-20-11-9-19/h12,18H,4-11H2,1-3H3. The molecule has 1 aliphatic rings. The third-order valence-electron chi connectivity index (χ3n) is 4.08. The summed E-state index contributed by atoms with van der Waals surface area (Å²) < 4.78 is 42.2. The number of alkyl halides is 3. The molecule has 0 bridgehead atoms. The molecule has 1 unspecified atom stereocenters. The van der Waals surface area contributed by atoms with E-state index in [9.17, 15) is 13.2 Å². The Morgan fingerprint density at radius 3 is 2.30 bits per heavy atom. The van der Waals surface area contributed by atoms with Crippen LogP contribution in [-0.2, 0) is 4.74 Å². The molecule has 0 aliphatic carbocycles. The van der Waals surface area contributed by atoms with Gasteiger partial charge in [-0.05, 0) is 33.2 Å². The van der Waals surface area contributed by atoms with Gasteiger partial charge in [0.05, 0.1) is 13.2 Å². The molecule has 1 N–H and O–H groups in total. The monoisotopic (exact) mass is 296 g/mol. The molecule has 1 heterocycles. The van der Waals surface area contributed by atoms with Crippen molar-refractivity contribution in [2.24, 2.45) is 0 Å². The Kier molecular flexibility index (Phi) is 6.75. The first-order chi connectivity index (χ1) is 9.27. The number of hydrogen-bond acceptors (Lipinski definition) is 3. The number of morpholine rings is 1. The summed E-state index contributed by atoms with van der Waals surface area (Å²) in [5.41, 5.74) is -0.161. The van der Waals surface area contributed by atoms with E-state index >= 15 is 0 Å². The maximum Gasteiger partial charge on any atom is 0.389 e. The van der Waals surface area contributed by atoms with Crippen molar-refractivity contribution in [3.63, 3.8) is 0 Å². The van der Waals surface area contributed by atoms with Gasteiger partial charge in [0.1, 0.15) is 0 Å². The smallest absolute Gasteiger partial charge is 0.379 e. The zero-order valence-corrected chi connectivity index (χ0v) is 12.7. The van der Waals surface area contributed by atoms with Gasteiger partial charge < -0.3 is 10.1 Å². The minimum Gasteiger partial charge on any atom is -0.379 e. The van der Waals surface area contributed by atoms with Crippen LogP contribution in [0.5, 0.6) is 0 Å². The van der Waals surface area contributed by atoms with Crippen molar-refractivity contribution in [3.05, 3.63) is 0 Å². The summed E-state index contributed by atoms with van der Waals surface area (Å²) in [5, 5.41) is 3.36. The maximum absolute atomic E-state index is 12.3. The van der Waals surface area contributed by atoms with Gasteiger partial charge in [0.15, 0.2) is 0 Å². The molecule has 0 spiro atoms. The Hall–Kier alpha value is -0.330. The fraction of sp³-hybridized carbons (Fsp3) is 1.00. The minimum absolute atomic E-state index is 0.0629. The molecule has 3 nitrogen and oxygen atoms in total. The van der Waals surface area contributed by atoms with E-state index in [1.807, 2.05) is 6.92 Å². The van der Waals surface area contributed by atoms with Gasteiger partial charge in [-0.1, -0.05) is 6.92 Å². The Balaban J connectivity index is 2.57. The van der Waals surface area contributed by atoms with Crippen LogP contribution in [0, 0.1) is 0 Å². The van der Waals surface area contributed by atoms with E-state index in [0.717, 1.165) is 19.6 Å². The second kappa shape index (κ2) is 7.61. The van der Waals surface area contributed by atoms with E-state index in [-0.39, 0.29) is 18.0 Å². The van der Waals surface area contributed by atoms with Crippen LogP contribution in [0.1, 0.15) is 40.0 Å². The average Bonchev–Trinajstić information content (AvgIpc) is 2.37. The number of ether oxygens (including phenoxy) is 1. The highest BCUT2D eigenvalue weighted by molar-refractivity contribution is 4.94. The number of likely N-dealkylation sites (N-methyl/N-ethyl adjacent to an activating group) is 1. The quantitative estimate of drug-likeness (QED) is 0.782. The summed E-state index contributed by atoms with van der Waals surface area (Å²) in [5.74, 6) is 0. The fourth-order valence-electron chi connectivity index (χ4n) is 2.82. The van der Waals surface area contributed by atoms with Gasteiger partial charge in [0, 0.05) is 31.1 Å². The number of nitrogens with one attached hydrogen (secondary N) is 1. The maximum atomic E-state index is 12.3. The molecule has 1 aliphatic heterocycles. The molecule has 0 saturated carbocycles. The highest BCUT2D eigenvalue weighted by Gasteiger charge is 2.36. The number of rotatable bonds is 7. The fourth-order valence-corrected chi connectivity index (χ4v) is 2.82. The molecule has 0 amide bonds. The first-order valence-corrected chi connectivity index (χ1v) is 7.40. The molecular formula is C14H27F3N2O. The van der Waals surface area contributed by atoms with Gasteiger partial charge in [-0.3, -0.25) is 4.90 Å². The second-order valence-corrected chi connectivity index (χ2v) is 5.87. The van der Waals surface area contributed by atoms with Crippen LogP contribution in [0.15, 0.2) is 0 Å². The van der Waals surface area contributed by atoms with Gasteiger partial charge in [-0.15, -0.1) is 0 Å². The van der Waals surface area contributed by atoms with Crippen LogP contribution >= 0.6 is 0 Å². The van der Waals surface area contributed by atoms with Crippen LogP contribution in [-0.4, -0.2) is 55.5 Å². The largest absolute Gasteiger partial charge is 0.389 e. The predicted octanol–water partition coefficient (Wildman–Crippen LogP) is 2.81. The number of halogens is 3. The summed E-state index contributed by atoms with van der Waals surface area (Å²) in [6.45, 7) is 10.1. The van der Waals surface area contributed by atoms with Crippen molar-refractivity contribution in [1.29, 1.82) is 0 Å². The van der Waals surface area contributed by atoms with E-state index in [1.165, 1.54) is 0 Å². The van der Waals surface area contributed by atoms with Crippen LogP contribution in [0.4, 0.5) is 13.2 Å². The van der Waals surface area contributed by atoms with E-state index in [1.54, 1.807) is 0 Å². The second-order valence-electron chi connectivity index (χ2n) is 5.87. The van der Waals surface area contributed by atoms with Gasteiger partial charge in [0.2, 0.25) is 0 Å². The summed E-state index contributed by atoms with van der Waals surface area (Å²) in [7, 11) is 0. The Morgan fingerprint density at radius 1 is 1.20 bits per heavy atom. The lowest BCUT2D eigenvalue weighted by molar-refractivity contribution is -0.136. The normalized spacial score (nSPS) is 20.1. The molecule has 120 valence electrons. The molecular weight excluding hydrogens is 269 g/mol. The Labute approximate surface area is 119 Å². The summed E-state index contributed by atoms with van der Waals surface area (Å²) in [4.78, 5) is 2.32. The highest BCUT2D eigenvalue weighted by atomic mass is 19.4. The first kappa shape index (κ1) is 17.7. The minimum atomic E-state index is -4.06. The summed E-state index contributed by atoms with van der Waals surface area (Å²) in [6, 6.07) is 0.0629. The molecule has 1 rings (SSSR count). The van der Waals surface area contributed by atoms with Crippen LogP contribution in [0.3, 0.4) is 0 Å². The molecule has 1 saturated heterocycles. The average molecular weight is 296 g/mol. The first-order valence-electron chi connectivity index (χ1n) is 7.40. The Bertz CT molecular complexity index is 276. The van der Waals surface area contributed by atoms with Crippen LogP contribution in [0.25, 0.3) is 0 Å². The SMILES string of the molecule is CCNC(CCCC(F)(F)F)C(C)(C)N1CCOCC1. The van der Waals surface area contributed by atoms with E-state index in [2.05, 4.69) is 24.1 Å². The molecule has 20 heavy (non-hydrogen) atoms. The van der Waals surface area contributed by atoms with Crippen molar-refractivity contribution in [3.8, 4) is 0 Å². The lowest BCUT2D eigenvalue weighted by atomic mass is 9.88. The third-order valence-corrected chi connectivity index (χ3v) is 4.08. The molecule has 0 aromatic carbocycles. The van der Waals surface area contributed by atoms with Crippen molar-refractivity contribution in [2.45, 2.75) is 57.8 Å². The van der Waals surface area contributed by atoms with Gasteiger partial charge in [-0.2, -0.15) is 13.2 Å². The number of nitrogens with zero attached hydrogens (tertiary/aromatic N) is 1. The molecule has 6 heteroatoms. The zero-order chi connectivity index (χ0) is 15.2. The van der Waals surface area contributed by atoms with Crippen LogP contribution in [0.2, 0.25) is 0 Å². The van der Waals surface area contributed by atoms with E-state index in [4.69, 9.17) is 4.74 Å².